The fraction of sp³-hybridized carbons (Fsp3) is 0.316. The number of hydrogen-bond acceptors (Lipinski definition) is 4. The van der Waals surface area contributed by atoms with Gasteiger partial charge >= 0.3 is 0 Å². The second-order valence-corrected chi connectivity index (χ2v) is 5.77. The van der Waals surface area contributed by atoms with Crippen LogP contribution in [0.1, 0.15) is 33.9 Å². The van der Waals surface area contributed by atoms with Gasteiger partial charge in [0.1, 0.15) is 5.75 Å². The van der Waals surface area contributed by atoms with Crippen LogP contribution in [0, 0.1) is 6.92 Å². The zero-order chi connectivity index (χ0) is 17.1. The molecule has 1 aliphatic heterocycles. The monoisotopic (exact) mass is 327 g/mol. The van der Waals surface area contributed by atoms with Crippen LogP contribution in [0.4, 0.5) is 0 Å². The molecule has 0 bridgehead atoms. The van der Waals surface area contributed by atoms with Crippen molar-refractivity contribution in [1.82, 2.24) is 5.32 Å². The first kappa shape index (κ1) is 16.2. The first-order valence-corrected chi connectivity index (χ1v) is 7.88. The molecular formula is C19H21NO4. The highest BCUT2D eigenvalue weighted by molar-refractivity contribution is 5.95. The molecule has 0 spiro atoms. The summed E-state index contributed by atoms with van der Waals surface area (Å²) < 4.78 is 16.1. The topological polar surface area (TPSA) is 56.8 Å². The number of rotatable bonds is 4. The second-order valence-electron chi connectivity index (χ2n) is 5.77. The Hall–Kier alpha value is -2.69. The van der Waals surface area contributed by atoms with Crippen molar-refractivity contribution < 1.29 is 19.0 Å². The number of aryl methyl sites for hydroxylation is 1. The Balaban J connectivity index is 1.82. The molecule has 1 atom stereocenters. The molecule has 5 nitrogen and oxygen atoms in total. The Morgan fingerprint density at radius 3 is 2.67 bits per heavy atom. The minimum absolute atomic E-state index is 0.0609. The van der Waals surface area contributed by atoms with Gasteiger partial charge in [0.25, 0.3) is 5.91 Å². The summed E-state index contributed by atoms with van der Waals surface area (Å²) in [5, 5.41) is 3.09. The van der Waals surface area contributed by atoms with Crippen LogP contribution < -0.4 is 19.5 Å². The van der Waals surface area contributed by atoms with E-state index in [0.29, 0.717) is 23.7 Å². The lowest BCUT2D eigenvalue weighted by atomic mass is 9.98. The summed E-state index contributed by atoms with van der Waals surface area (Å²) in [4.78, 5) is 12.6. The fourth-order valence-electron chi connectivity index (χ4n) is 2.88. The molecule has 1 amide bonds. The lowest BCUT2D eigenvalue weighted by Gasteiger charge is -2.27. The van der Waals surface area contributed by atoms with Crippen LogP contribution in [0.15, 0.2) is 36.4 Å². The molecule has 2 aromatic rings. The van der Waals surface area contributed by atoms with Crippen molar-refractivity contribution in [3.05, 3.63) is 53.1 Å². The SMILES string of the molecule is COc1ccc(C(=O)NC2CCOc3ccc(C)cc32)cc1OC. The number of hydrogen-bond donors (Lipinski definition) is 1. The molecular weight excluding hydrogens is 306 g/mol. The maximum Gasteiger partial charge on any atom is 0.251 e. The molecule has 24 heavy (non-hydrogen) atoms. The van der Waals surface area contributed by atoms with Crippen LogP contribution in [0.25, 0.3) is 0 Å². The zero-order valence-corrected chi connectivity index (χ0v) is 14.1. The lowest BCUT2D eigenvalue weighted by molar-refractivity contribution is 0.0924. The van der Waals surface area contributed by atoms with Gasteiger partial charge in [-0.2, -0.15) is 0 Å². The van der Waals surface area contributed by atoms with Gasteiger partial charge in [0.2, 0.25) is 0 Å². The molecule has 1 aliphatic rings. The number of methoxy groups -OCH3 is 2. The first-order valence-electron chi connectivity index (χ1n) is 7.88. The van der Waals surface area contributed by atoms with E-state index >= 15 is 0 Å². The molecule has 3 rings (SSSR count). The summed E-state index contributed by atoms with van der Waals surface area (Å²) in [5.41, 5.74) is 2.70. The Labute approximate surface area is 141 Å². The third-order valence-corrected chi connectivity index (χ3v) is 4.16. The van der Waals surface area contributed by atoms with Crippen molar-refractivity contribution >= 4 is 5.91 Å². The van der Waals surface area contributed by atoms with Gasteiger partial charge in [0, 0.05) is 17.5 Å². The number of fused-ring (bicyclic) bond motifs is 1. The Morgan fingerprint density at radius 1 is 1.12 bits per heavy atom. The van der Waals surface area contributed by atoms with Crippen molar-refractivity contribution in [2.45, 2.75) is 19.4 Å². The van der Waals surface area contributed by atoms with Gasteiger partial charge in [-0.15, -0.1) is 0 Å². The summed E-state index contributed by atoms with van der Waals surface area (Å²) in [6.45, 7) is 2.62. The van der Waals surface area contributed by atoms with E-state index in [0.717, 1.165) is 23.3 Å². The van der Waals surface area contributed by atoms with Crippen molar-refractivity contribution in [2.24, 2.45) is 0 Å². The minimum Gasteiger partial charge on any atom is -0.493 e. The summed E-state index contributed by atoms with van der Waals surface area (Å²) in [5.74, 6) is 1.83. The summed E-state index contributed by atoms with van der Waals surface area (Å²) in [7, 11) is 3.12. The van der Waals surface area contributed by atoms with Gasteiger partial charge in [-0.1, -0.05) is 17.7 Å². The van der Waals surface area contributed by atoms with Crippen LogP contribution in [0.3, 0.4) is 0 Å². The molecule has 1 N–H and O–H groups in total. The molecule has 0 saturated heterocycles. The van der Waals surface area contributed by atoms with E-state index in [-0.39, 0.29) is 11.9 Å². The quantitative estimate of drug-likeness (QED) is 0.936. The second kappa shape index (κ2) is 6.83. The standard InChI is InChI=1S/C19H21NO4/c1-12-4-6-16-14(10-12)15(8-9-24-16)20-19(21)13-5-7-17(22-2)18(11-13)23-3/h4-7,10-11,15H,8-9H2,1-3H3,(H,20,21). The van der Waals surface area contributed by atoms with E-state index in [1.165, 1.54) is 0 Å². The molecule has 0 aliphatic carbocycles. The van der Waals surface area contributed by atoms with Crippen molar-refractivity contribution in [2.75, 3.05) is 20.8 Å². The predicted octanol–water partition coefficient (Wildman–Crippen LogP) is 3.27. The normalized spacial score (nSPS) is 15.9. The third kappa shape index (κ3) is 3.15. The number of carbonyl (C=O) groups excluding carboxylic acids is 1. The highest BCUT2D eigenvalue weighted by Crippen LogP contribution is 2.33. The van der Waals surface area contributed by atoms with Crippen LogP contribution >= 0.6 is 0 Å². The average Bonchev–Trinajstić information content (AvgIpc) is 2.61. The smallest absolute Gasteiger partial charge is 0.251 e. The molecule has 0 fully saturated rings. The lowest BCUT2D eigenvalue weighted by Crippen LogP contribution is -2.32. The first-order chi connectivity index (χ1) is 11.6. The van der Waals surface area contributed by atoms with Gasteiger partial charge in [0.15, 0.2) is 11.5 Å². The molecule has 1 heterocycles. The average molecular weight is 327 g/mol. The summed E-state index contributed by atoms with van der Waals surface area (Å²) in [6.07, 6.45) is 0.746. The molecule has 2 aromatic carbocycles. The number of carbonyl (C=O) groups is 1. The largest absolute Gasteiger partial charge is 0.493 e. The molecule has 0 radical (unpaired) electrons. The molecule has 5 heteroatoms. The van der Waals surface area contributed by atoms with Crippen LogP contribution in [0.2, 0.25) is 0 Å². The summed E-state index contributed by atoms with van der Waals surface area (Å²) >= 11 is 0. The van der Waals surface area contributed by atoms with E-state index in [2.05, 4.69) is 11.4 Å². The Bertz CT molecular complexity index is 757. The van der Waals surface area contributed by atoms with E-state index < -0.39 is 0 Å². The molecule has 0 saturated carbocycles. The van der Waals surface area contributed by atoms with Crippen LogP contribution in [0.5, 0.6) is 17.2 Å². The summed E-state index contributed by atoms with van der Waals surface area (Å²) in [6, 6.07) is 11.1. The van der Waals surface area contributed by atoms with Crippen molar-refractivity contribution in [3.63, 3.8) is 0 Å². The van der Waals surface area contributed by atoms with Gasteiger partial charge in [0.05, 0.1) is 26.9 Å². The Kier molecular flexibility index (Phi) is 4.60. The van der Waals surface area contributed by atoms with E-state index in [1.807, 2.05) is 19.1 Å². The maximum absolute atomic E-state index is 12.6. The predicted molar refractivity (Wildman–Crippen MR) is 91.0 cm³/mol. The van der Waals surface area contributed by atoms with Crippen LogP contribution in [-0.4, -0.2) is 26.7 Å². The fourth-order valence-corrected chi connectivity index (χ4v) is 2.88. The van der Waals surface area contributed by atoms with E-state index in [9.17, 15) is 4.79 Å². The molecule has 126 valence electrons. The maximum atomic E-state index is 12.6. The number of ether oxygens (including phenoxy) is 3. The van der Waals surface area contributed by atoms with Crippen molar-refractivity contribution in [1.29, 1.82) is 0 Å². The highest BCUT2D eigenvalue weighted by Gasteiger charge is 2.24. The number of nitrogens with one attached hydrogen (secondary N) is 1. The van der Waals surface area contributed by atoms with Crippen LogP contribution in [-0.2, 0) is 0 Å². The number of amides is 1. The highest BCUT2D eigenvalue weighted by atomic mass is 16.5. The van der Waals surface area contributed by atoms with Gasteiger partial charge in [-0.05, 0) is 31.2 Å². The zero-order valence-electron chi connectivity index (χ0n) is 14.1. The van der Waals surface area contributed by atoms with Gasteiger partial charge < -0.3 is 19.5 Å². The number of benzene rings is 2. The van der Waals surface area contributed by atoms with E-state index in [4.69, 9.17) is 14.2 Å². The third-order valence-electron chi connectivity index (χ3n) is 4.16. The molecule has 1 unspecified atom stereocenters. The minimum atomic E-state index is -0.143. The Morgan fingerprint density at radius 2 is 1.92 bits per heavy atom. The molecule has 0 aromatic heterocycles. The van der Waals surface area contributed by atoms with Crippen molar-refractivity contribution in [3.8, 4) is 17.2 Å². The van der Waals surface area contributed by atoms with Gasteiger partial charge in [-0.25, -0.2) is 0 Å². The van der Waals surface area contributed by atoms with E-state index in [1.54, 1.807) is 32.4 Å². The van der Waals surface area contributed by atoms with Gasteiger partial charge in [-0.3, -0.25) is 4.79 Å².